The van der Waals surface area contributed by atoms with Crippen molar-refractivity contribution in [1.29, 1.82) is 0 Å². The standard InChI is InChI=1S/C15H24N4O/c1-2-8-20-12-4-3-7-19(10-12)14-9-13(16)17-15(18-14)11-5-6-11/h9,11-12H,2-8,10H2,1H3,(H2,16,17,18). The fourth-order valence-corrected chi connectivity index (χ4v) is 2.72. The molecule has 5 heteroatoms. The van der Waals surface area contributed by atoms with Gasteiger partial charge in [0.05, 0.1) is 6.10 Å². The molecular formula is C15H24N4O. The summed E-state index contributed by atoms with van der Waals surface area (Å²) < 4.78 is 5.89. The van der Waals surface area contributed by atoms with Gasteiger partial charge in [-0.25, -0.2) is 9.97 Å². The Kier molecular flexibility index (Phi) is 4.05. The smallest absolute Gasteiger partial charge is 0.136 e. The van der Waals surface area contributed by atoms with Crippen LogP contribution in [0.2, 0.25) is 0 Å². The van der Waals surface area contributed by atoms with E-state index in [9.17, 15) is 0 Å². The van der Waals surface area contributed by atoms with E-state index in [1.807, 2.05) is 6.07 Å². The lowest BCUT2D eigenvalue weighted by atomic mass is 10.1. The summed E-state index contributed by atoms with van der Waals surface area (Å²) >= 11 is 0. The quantitative estimate of drug-likeness (QED) is 0.894. The monoisotopic (exact) mass is 276 g/mol. The van der Waals surface area contributed by atoms with Gasteiger partial charge >= 0.3 is 0 Å². The average Bonchev–Trinajstić information content (AvgIpc) is 3.29. The number of anilines is 2. The van der Waals surface area contributed by atoms with Gasteiger partial charge in [-0.3, -0.25) is 0 Å². The third kappa shape index (κ3) is 3.20. The molecule has 0 amide bonds. The van der Waals surface area contributed by atoms with Gasteiger partial charge in [-0.15, -0.1) is 0 Å². The van der Waals surface area contributed by atoms with Gasteiger partial charge in [0.25, 0.3) is 0 Å². The second-order valence-corrected chi connectivity index (χ2v) is 5.86. The van der Waals surface area contributed by atoms with Crippen molar-refractivity contribution in [2.24, 2.45) is 0 Å². The first kappa shape index (κ1) is 13.6. The highest BCUT2D eigenvalue weighted by Gasteiger charge is 2.28. The summed E-state index contributed by atoms with van der Waals surface area (Å²) in [5, 5.41) is 0. The number of hydrogen-bond acceptors (Lipinski definition) is 5. The Morgan fingerprint density at radius 2 is 2.20 bits per heavy atom. The zero-order chi connectivity index (χ0) is 13.9. The predicted molar refractivity (Wildman–Crippen MR) is 79.9 cm³/mol. The summed E-state index contributed by atoms with van der Waals surface area (Å²) in [7, 11) is 0. The van der Waals surface area contributed by atoms with Crippen LogP contribution >= 0.6 is 0 Å². The molecule has 0 bridgehead atoms. The summed E-state index contributed by atoms with van der Waals surface area (Å²) in [4.78, 5) is 11.4. The van der Waals surface area contributed by atoms with Gasteiger partial charge in [0.2, 0.25) is 0 Å². The first-order valence-electron chi connectivity index (χ1n) is 7.77. The largest absolute Gasteiger partial charge is 0.384 e. The Morgan fingerprint density at radius 1 is 1.35 bits per heavy atom. The SMILES string of the molecule is CCCOC1CCCN(c2cc(N)nc(C3CC3)n2)C1. The van der Waals surface area contributed by atoms with Crippen molar-refractivity contribution in [3.05, 3.63) is 11.9 Å². The molecule has 1 unspecified atom stereocenters. The van der Waals surface area contributed by atoms with E-state index < -0.39 is 0 Å². The molecule has 2 fully saturated rings. The lowest BCUT2D eigenvalue weighted by Gasteiger charge is -2.33. The van der Waals surface area contributed by atoms with Crippen molar-refractivity contribution < 1.29 is 4.74 Å². The van der Waals surface area contributed by atoms with Crippen molar-refractivity contribution in [2.45, 2.75) is 51.0 Å². The van der Waals surface area contributed by atoms with Crippen LogP contribution in [0.4, 0.5) is 11.6 Å². The first-order valence-corrected chi connectivity index (χ1v) is 7.77. The Hall–Kier alpha value is -1.36. The minimum atomic E-state index is 0.323. The molecule has 5 nitrogen and oxygen atoms in total. The lowest BCUT2D eigenvalue weighted by molar-refractivity contribution is 0.0439. The van der Waals surface area contributed by atoms with E-state index in [4.69, 9.17) is 15.5 Å². The van der Waals surface area contributed by atoms with E-state index in [-0.39, 0.29) is 0 Å². The minimum absolute atomic E-state index is 0.323. The van der Waals surface area contributed by atoms with Gasteiger partial charge in [-0.05, 0) is 32.1 Å². The Labute approximate surface area is 120 Å². The normalized spacial score (nSPS) is 23.1. The molecule has 1 atom stereocenters. The molecule has 110 valence electrons. The number of nitrogen functional groups attached to an aromatic ring is 1. The van der Waals surface area contributed by atoms with Crippen LogP contribution in [0.15, 0.2) is 6.07 Å². The summed E-state index contributed by atoms with van der Waals surface area (Å²) in [5.41, 5.74) is 5.94. The molecule has 0 radical (unpaired) electrons. The molecule has 2 heterocycles. The van der Waals surface area contributed by atoms with Crippen LogP contribution in [0, 0.1) is 0 Å². The topological polar surface area (TPSA) is 64.3 Å². The van der Waals surface area contributed by atoms with Gasteiger partial charge in [0, 0.05) is 31.7 Å². The molecular weight excluding hydrogens is 252 g/mol. The van der Waals surface area contributed by atoms with Crippen LogP contribution in [-0.4, -0.2) is 35.8 Å². The summed E-state index contributed by atoms with van der Waals surface area (Å²) in [6.45, 7) is 4.94. The molecule has 1 aromatic heterocycles. The molecule has 1 saturated carbocycles. The van der Waals surface area contributed by atoms with Crippen LogP contribution < -0.4 is 10.6 Å². The summed E-state index contributed by atoms with van der Waals surface area (Å²) in [6.07, 6.45) is 6.09. The van der Waals surface area contributed by atoms with E-state index in [2.05, 4.69) is 16.8 Å². The highest BCUT2D eigenvalue weighted by molar-refractivity contribution is 5.48. The molecule has 1 aliphatic carbocycles. The average molecular weight is 276 g/mol. The van der Waals surface area contributed by atoms with Gasteiger partial charge in [-0.2, -0.15) is 0 Å². The number of aromatic nitrogens is 2. The zero-order valence-electron chi connectivity index (χ0n) is 12.2. The molecule has 0 aromatic carbocycles. The van der Waals surface area contributed by atoms with Gasteiger partial charge < -0.3 is 15.4 Å². The van der Waals surface area contributed by atoms with Crippen LogP contribution in [0.5, 0.6) is 0 Å². The molecule has 2 N–H and O–H groups in total. The molecule has 1 saturated heterocycles. The highest BCUT2D eigenvalue weighted by atomic mass is 16.5. The first-order chi connectivity index (χ1) is 9.76. The maximum Gasteiger partial charge on any atom is 0.136 e. The minimum Gasteiger partial charge on any atom is -0.384 e. The maximum atomic E-state index is 5.94. The highest BCUT2D eigenvalue weighted by Crippen LogP contribution is 2.39. The molecule has 0 spiro atoms. The molecule has 20 heavy (non-hydrogen) atoms. The molecule has 1 aromatic rings. The number of ether oxygens (including phenoxy) is 1. The third-order valence-electron chi connectivity index (χ3n) is 3.95. The van der Waals surface area contributed by atoms with Gasteiger partial charge in [-0.1, -0.05) is 6.92 Å². The predicted octanol–water partition coefficient (Wildman–Crippen LogP) is 2.33. The fourth-order valence-electron chi connectivity index (χ4n) is 2.72. The lowest BCUT2D eigenvalue weighted by Crippen LogP contribution is -2.40. The van der Waals surface area contributed by atoms with E-state index in [0.717, 1.165) is 50.6 Å². The molecule has 3 rings (SSSR count). The van der Waals surface area contributed by atoms with Gasteiger partial charge in [0.15, 0.2) is 0 Å². The third-order valence-corrected chi connectivity index (χ3v) is 3.95. The maximum absolute atomic E-state index is 5.94. The van der Waals surface area contributed by atoms with Crippen molar-refractivity contribution in [3.63, 3.8) is 0 Å². The van der Waals surface area contributed by atoms with Crippen LogP contribution in [0.3, 0.4) is 0 Å². The molecule has 1 aliphatic heterocycles. The van der Waals surface area contributed by atoms with E-state index >= 15 is 0 Å². The van der Waals surface area contributed by atoms with Crippen LogP contribution in [-0.2, 0) is 4.74 Å². The Morgan fingerprint density at radius 3 is 2.95 bits per heavy atom. The summed E-state index contributed by atoms with van der Waals surface area (Å²) in [6, 6.07) is 1.90. The number of nitrogens with zero attached hydrogens (tertiary/aromatic N) is 3. The number of hydrogen-bond donors (Lipinski definition) is 1. The number of nitrogens with two attached hydrogens (primary N) is 1. The Bertz CT molecular complexity index is 461. The van der Waals surface area contributed by atoms with E-state index in [0.29, 0.717) is 17.8 Å². The molecule has 2 aliphatic rings. The van der Waals surface area contributed by atoms with Crippen molar-refractivity contribution in [1.82, 2.24) is 9.97 Å². The summed E-state index contributed by atoms with van der Waals surface area (Å²) in [5.74, 6) is 3.03. The Balaban J connectivity index is 1.71. The van der Waals surface area contributed by atoms with Crippen LogP contribution in [0.1, 0.15) is 50.8 Å². The van der Waals surface area contributed by atoms with E-state index in [1.54, 1.807) is 0 Å². The van der Waals surface area contributed by atoms with Crippen molar-refractivity contribution in [2.75, 3.05) is 30.3 Å². The number of rotatable bonds is 5. The van der Waals surface area contributed by atoms with Crippen molar-refractivity contribution in [3.8, 4) is 0 Å². The second kappa shape index (κ2) is 5.95. The van der Waals surface area contributed by atoms with Crippen LogP contribution in [0.25, 0.3) is 0 Å². The van der Waals surface area contributed by atoms with Gasteiger partial charge in [0.1, 0.15) is 17.5 Å². The van der Waals surface area contributed by atoms with Crippen molar-refractivity contribution >= 4 is 11.6 Å². The zero-order valence-corrected chi connectivity index (χ0v) is 12.2. The number of piperidine rings is 1. The second-order valence-electron chi connectivity index (χ2n) is 5.86. The van der Waals surface area contributed by atoms with E-state index in [1.165, 1.54) is 12.8 Å². The fraction of sp³-hybridized carbons (Fsp3) is 0.733.